The van der Waals surface area contributed by atoms with Crippen molar-refractivity contribution in [2.45, 2.75) is 34.1 Å². The number of anilines is 2. The highest BCUT2D eigenvalue weighted by atomic mass is 16.2. The first kappa shape index (κ1) is 25.0. The van der Waals surface area contributed by atoms with Crippen molar-refractivity contribution in [1.82, 2.24) is 4.57 Å². The number of carbonyl (C=O) groups is 3. The van der Waals surface area contributed by atoms with Crippen LogP contribution in [0.25, 0.3) is 11.8 Å². The fourth-order valence-corrected chi connectivity index (χ4v) is 5.10. The van der Waals surface area contributed by atoms with Crippen molar-refractivity contribution in [2.24, 2.45) is 0 Å². The zero-order valence-corrected chi connectivity index (χ0v) is 21.9. The van der Waals surface area contributed by atoms with Crippen LogP contribution in [-0.2, 0) is 16.0 Å². The van der Waals surface area contributed by atoms with E-state index in [2.05, 4.69) is 36.6 Å². The molecule has 4 aromatic rings. The van der Waals surface area contributed by atoms with Gasteiger partial charge in [0, 0.05) is 11.4 Å². The molecule has 38 heavy (non-hydrogen) atoms. The Balaban J connectivity index is 1.68. The third-order valence-corrected chi connectivity index (χ3v) is 6.97. The van der Waals surface area contributed by atoms with Crippen LogP contribution in [0.1, 0.15) is 35.0 Å². The van der Waals surface area contributed by atoms with Crippen LogP contribution in [0.15, 0.2) is 90.5 Å². The Bertz CT molecular complexity index is 1520. The van der Waals surface area contributed by atoms with E-state index in [1.807, 2.05) is 32.0 Å². The number of barbiturate groups is 1. The van der Waals surface area contributed by atoms with Crippen LogP contribution < -0.4 is 9.80 Å². The summed E-state index contributed by atoms with van der Waals surface area (Å²) in [5.41, 5.74) is 6.86. The Hall–Kier alpha value is -4.71. The van der Waals surface area contributed by atoms with Crippen LogP contribution >= 0.6 is 0 Å². The number of imide groups is 2. The monoisotopic (exact) mass is 503 g/mol. The molecule has 1 aromatic heterocycles. The molecule has 3 aromatic carbocycles. The minimum Gasteiger partial charge on any atom is -0.317 e. The summed E-state index contributed by atoms with van der Waals surface area (Å²) in [6.45, 7) is 8.21. The number of nitrogens with zero attached hydrogens (tertiary/aromatic N) is 3. The van der Waals surface area contributed by atoms with Crippen molar-refractivity contribution in [3.63, 3.8) is 0 Å². The zero-order chi connectivity index (χ0) is 27.0. The van der Waals surface area contributed by atoms with Gasteiger partial charge in [-0.05, 0) is 80.3 Å². The number of carbonyl (C=O) groups excluding carboxylic acids is 3. The first-order chi connectivity index (χ1) is 18.3. The van der Waals surface area contributed by atoms with E-state index < -0.39 is 17.8 Å². The third kappa shape index (κ3) is 4.14. The number of amides is 4. The lowest BCUT2D eigenvalue weighted by Crippen LogP contribution is -2.57. The Morgan fingerprint density at radius 2 is 1.26 bits per heavy atom. The average Bonchev–Trinajstić information content (AvgIpc) is 3.19. The molecule has 0 saturated carbocycles. The SMILES string of the molecule is CCc1cccc(C)c1-n1c(C)cc(C=C2C(=O)N(c3ccccc3)C(=O)N(c3ccccc3)C2=O)c1C. The van der Waals surface area contributed by atoms with Gasteiger partial charge in [0.2, 0.25) is 0 Å². The molecule has 0 unspecified atom stereocenters. The van der Waals surface area contributed by atoms with Gasteiger partial charge in [0.1, 0.15) is 5.57 Å². The van der Waals surface area contributed by atoms with Gasteiger partial charge >= 0.3 is 6.03 Å². The number of urea groups is 1. The molecule has 1 aliphatic rings. The van der Waals surface area contributed by atoms with E-state index in [0.717, 1.165) is 44.4 Å². The van der Waals surface area contributed by atoms with Gasteiger partial charge in [0.25, 0.3) is 11.8 Å². The highest BCUT2D eigenvalue weighted by Gasteiger charge is 2.43. The van der Waals surface area contributed by atoms with Crippen LogP contribution in [-0.4, -0.2) is 22.4 Å². The predicted molar refractivity (Wildman–Crippen MR) is 151 cm³/mol. The molecule has 6 heteroatoms. The summed E-state index contributed by atoms with van der Waals surface area (Å²) in [5.74, 6) is -1.29. The second-order valence-electron chi connectivity index (χ2n) is 9.39. The molecule has 2 heterocycles. The highest BCUT2D eigenvalue weighted by Crippen LogP contribution is 2.32. The standard InChI is InChI=1S/C32H29N3O3/c1-5-24-14-12-13-21(2)29(24)33-22(3)19-25(23(33)4)20-28-30(36)34(26-15-8-6-9-16-26)32(38)35(31(28)37)27-17-10-7-11-18-27/h6-20H,5H2,1-4H3. The van der Waals surface area contributed by atoms with Gasteiger partial charge in [0.05, 0.1) is 17.1 Å². The highest BCUT2D eigenvalue weighted by molar-refractivity contribution is 6.46. The Labute approximate surface area is 222 Å². The van der Waals surface area contributed by atoms with Gasteiger partial charge in [-0.3, -0.25) is 9.59 Å². The van der Waals surface area contributed by atoms with Crippen molar-refractivity contribution in [1.29, 1.82) is 0 Å². The molecule has 0 bridgehead atoms. The van der Waals surface area contributed by atoms with E-state index in [1.165, 1.54) is 5.56 Å². The molecule has 5 rings (SSSR count). The Morgan fingerprint density at radius 3 is 1.79 bits per heavy atom. The van der Waals surface area contributed by atoms with Crippen molar-refractivity contribution in [2.75, 3.05) is 9.80 Å². The van der Waals surface area contributed by atoms with Crippen LogP contribution in [0.4, 0.5) is 16.2 Å². The summed E-state index contributed by atoms with van der Waals surface area (Å²) in [6, 6.07) is 24.9. The maximum absolute atomic E-state index is 13.7. The van der Waals surface area contributed by atoms with Crippen LogP contribution in [0.2, 0.25) is 0 Å². The second-order valence-corrected chi connectivity index (χ2v) is 9.39. The van der Waals surface area contributed by atoms with Crippen LogP contribution in [0.3, 0.4) is 0 Å². The molecule has 4 amide bonds. The summed E-state index contributed by atoms with van der Waals surface area (Å²) in [4.78, 5) is 43.1. The molecule has 1 aliphatic heterocycles. The molecule has 0 aliphatic carbocycles. The maximum Gasteiger partial charge on any atom is 0.343 e. The lowest BCUT2D eigenvalue weighted by Gasteiger charge is -2.33. The number of benzene rings is 3. The number of rotatable bonds is 5. The summed E-state index contributed by atoms with van der Waals surface area (Å²) < 4.78 is 2.17. The van der Waals surface area contributed by atoms with Crippen LogP contribution in [0.5, 0.6) is 0 Å². The van der Waals surface area contributed by atoms with Gasteiger partial charge in [-0.2, -0.15) is 0 Å². The van der Waals surface area contributed by atoms with Gasteiger partial charge < -0.3 is 4.57 Å². The molecular formula is C32H29N3O3. The normalized spacial score (nSPS) is 13.9. The van der Waals surface area contributed by atoms with Crippen molar-refractivity contribution in [3.05, 3.63) is 119 Å². The van der Waals surface area contributed by atoms with E-state index >= 15 is 0 Å². The minimum absolute atomic E-state index is 0.0712. The number of aromatic nitrogens is 1. The van der Waals surface area contributed by atoms with E-state index in [1.54, 1.807) is 54.6 Å². The van der Waals surface area contributed by atoms with Gasteiger partial charge in [-0.1, -0.05) is 61.5 Å². The molecule has 0 atom stereocenters. The molecule has 0 radical (unpaired) electrons. The minimum atomic E-state index is -0.701. The average molecular weight is 504 g/mol. The van der Waals surface area contributed by atoms with E-state index in [0.29, 0.717) is 11.4 Å². The topological polar surface area (TPSA) is 62.6 Å². The molecule has 190 valence electrons. The molecule has 0 N–H and O–H groups in total. The lowest BCUT2D eigenvalue weighted by atomic mass is 10.0. The van der Waals surface area contributed by atoms with E-state index in [-0.39, 0.29) is 5.57 Å². The molecular weight excluding hydrogens is 474 g/mol. The quantitative estimate of drug-likeness (QED) is 0.229. The summed E-state index contributed by atoms with van der Waals surface area (Å²) in [5, 5.41) is 0. The smallest absolute Gasteiger partial charge is 0.317 e. The third-order valence-electron chi connectivity index (χ3n) is 6.97. The second kappa shape index (κ2) is 9.98. The molecule has 1 saturated heterocycles. The van der Waals surface area contributed by atoms with Gasteiger partial charge in [0.15, 0.2) is 0 Å². The maximum atomic E-state index is 13.7. The zero-order valence-electron chi connectivity index (χ0n) is 21.9. The molecule has 1 fully saturated rings. The molecule has 0 spiro atoms. The lowest BCUT2D eigenvalue weighted by molar-refractivity contribution is -0.121. The van der Waals surface area contributed by atoms with Crippen molar-refractivity contribution in [3.8, 4) is 5.69 Å². The molecule has 6 nitrogen and oxygen atoms in total. The van der Waals surface area contributed by atoms with Gasteiger partial charge in [-0.15, -0.1) is 0 Å². The Kier molecular flexibility index (Phi) is 6.55. The van der Waals surface area contributed by atoms with Crippen LogP contribution in [0, 0.1) is 20.8 Å². The summed E-state index contributed by atoms with van der Waals surface area (Å²) >= 11 is 0. The predicted octanol–water partition coefficient (Wildman–Crippen LogP) is 6.55. The summed E-state index contributed by atoms with van der Waals surface area (Å²) in [6.07, 6.45) is 2.49. The number of aryl methyl sites for hydroxylation is 3. The van der Waals surface area contributed by atoms with E-state index in [4.69, 9.17) is 0 Å². The first-order valence-electron chi connectivity index (χ1n) is 12.7. The Morgan fingerprint density at radius 1 is 0.711 bits per heavy atom. The largest absolute Gasteiger partial charge is 0.343 e. The number of hydrogen-bond acceptors (Lipinski definition) is 3. The van der Waals surface area contributed by atoms with Crippen molar-refractivity contribution < 1.29 is 14.4 Å². The summed E-state index contributed by atoms with van der Waals surface area (Å²) in [7, 11) is 0. The fourth-order valence-electron chi connectivity index (χ4n) is 5.10. The fraction of sp³-hybridized carbons (Fsp3) is 0.156. The number of para-hydroxylation sites is 3. The van der Waals surface area contributed by atoms with Gasteiger partial charge in [-0.25, -0.2) is 14.6 Å². The number of hydrogen-bond donors (Lipinski definition) is 0. The first-order valence-corrected chi connectivity index (χ1v) is 12.7. The van der Waals surface area contributed by atoms with E-state index in [9.17, 15) is 14.4 Å². The van der Waals surface area contributed by atoms with Crippen molar-refractivity contribution >= 4 is 35.3 Å².